The van der Waals surface area contributed by atoms with E-state index < -0.39 is 48.3 Å². The van der Waals surface area contributed by atoms with Gasteiger partial charge in [-0.3, -0.25) is 4.57 Å². The van der Waals surface area contributed by atoms with Crippen LogP contribution in [-0.4, -0.2) is 19.5 Å². The smallest absolute Gasteiger partial charge is 0.238 e. The number of nitrogens with zero attached hydrogens (tertiary/aromatic N) is 4. The highest BCUT2D eigenvalue weighted by Gasteiger charge is 2.20. The minimum Gasteiger partial charge on any atom is -0.455 e. The molecule has 0 aliphatic rings. The van der Waals surface area contributed by atoms with Gasteiger partial charge in [0.1, 0.15) is 22.3 Å². The van der Waals surface area contributed by atoms with Crippen molar-refractivity contribution in [2.75, 3.05) is 0 Å². The molecule has 0 bridgehead atoms. The molecular weight excluding hydrogens is 629 g/mol. The van der Waals surface area contributed by atoms with Crippen LogP contribution in [0.5, 0.6) is 0 Å². The molecule has 0 radical (unpaired) electrons. The van der Waals surface area contributed by atoms with Crippen molar-refractivity contribution in [1.82, 2.24) is 19.5 Å². The number of aromatic nitrogens is 4. The van der Waals surface area contributed by atoms with Crippen molar-refractivity contribution in [2.24, 2.45) is 0 Å². The summed E-state index contributed by atoms with van der Waals surface area (Å²) in [5.74, 6) is 0.355. The van der Waals surface area contributed by atoms with Crippen molar-refractivity contribution in [3.05, 3.63) is 158 Å². The molecule has 0 N–H and O–H groups in total. The maximum absolute atomic E-state index is 9.02. The molecule has 6 nitrogen and oxygen atoms in total. The van der Waals surface area contributed by atoms with Gasteiger partial charge in [0.15, 0.2) is 11.6 Å². The first-order valence-corrected chi connectivity index (χ1v) is 16.3. The van der Waals surface area contributed by atoms with Crippen LogP contribution in [0.2, 0.25) is 0 Å². The van der Waals surface area contributed by atoms with E-state index in [-0.39, 0.29) is 39.4 Å². The third kappa shape index (κ3) is 4.20. The van der Waals surface area contributed by atoms with Gasteiger partial charge >= 0.3 is 0 Å². The Labute approximate surface area is 302 Å². The van der Waals surface area contributed by atoms with Crippen LogP contribution in [0, 0.1) is 0 Å². The average molecular weight is 663 g/mol. The van der Waals surface area contributed by atoms with Crippen LogP contribution < -0.4 is 0 Å². The molecule has 0 aliphatic heterocycles. The second-order valence-electron chi connectivity index (χ2n) is 12.2. The molecule has 0 aliphatic carbocycles. The van der Waals surface area contributed by atoms with E-state index in [1.54, 1.807) is 0 Å². The Morgan fingerprint density at radius 1 is 0.451 bits per heavy atom. The van der Waals surface area contributed by atoms with Crippen LogP contribution in [0.3, 0.4) is 0 Å². The fraction of sp³-hybridized carbons (Fsp3) is 0. The van der Waals surface area contributed by atoms with E-state index in [0.29, 0.717) is 22.3 Å². The van der Waals surface area contributed by atoms with Crippen molar-refractivity contribution in [1.29, 1.82) is 0 Å². The summed E-state index contributed by atoms with van der Waals surface area (Å²) in [6.45, 7) is 0. The molecule has 0 atom stereocenters. The number of hydrogen-bond donors (Lipinski definition) is 0. The number of para-hydroxylation sites is 5. The van der Waals surface area contributed by atoms with Gasteiger partial charge in [-0.2, -0.15) is 9.97 Å². The van der Waals surface area contributed by atoms with Crippen LogP contribution in [0.15, 0.2) is 166 Å². The Kier molecular flexibility index (Phi) is 4.44. The summed E-state index contributed by atoms with van der Waals surface area (Å²) in [4.78, 5) is 14.6. The average Bonchev–Trinajstić information content (AvgIpc) is 3.96. The van der Waals surface area contributed by atoms with E-state index in [9.17, 15) is 0 Å². The fourth-order valence-electron chi connectivity index (χ4n) is 7.04. The lowest BCUT2D eigenvalue weighted by atomic mass is 9.99. The Morgan fingerprint density at radius 3 is 1.73 bits per heavy atom. The Hall–Kier alpha value is -7.05. The summed E-state index contributed by atoms with van der Waals surface area (Å²) < 4.78 is 84.1. The third-order valence-corrected chi connectivity index (χ3v) is 9.34. The van der Waals surface area contributed by atoms with E-state index in [0.717, 1.165) is 43.8 Å². The predicted octanol–water partition coefficient (Wildman–Crippen LogP) is 11.8. The highest BCUT2D eigenvalue weighted by molar-refractivity contribution is 6.15. The van der Waals surface area contributed by atoms with Gasteiger partial charge < -0.3 is 8.83 Å². The minimum absolute atomic E-state index is 0.0679. The second kappa shape index (κ2) is 10.7. The molecule has 4 aromatic heterocycles. The normalized spacial score (nSPS) is 14.1. The zero-order valence-electron chi connectivity index (χ0n) is 34.5. The zero-order valence-corrected chi connectivity index (χ0v) is 26.5. The standard InChI is InChI=1S/C45H26N4O2/c1-2-12-27(13-3-1)43-46-44(48-45(47-43)49-37-21-7-4-14-29(37)30-15-5-8-22-38(30)49)28-24-25-40-36(26-28)35-20-11-19-34(42(35)51-40)33-18-10-17-32-31-16-6-9-23-39(31)50-41(32)33/h1-26H/i4D,5D,7D,8D,14D,15D,21D,22D. The molecule has 0 unspecified atom stereocenters. The van der Waals surface area contributed by atoms with Crippen molar-refractivity contribution in [3.63, 3.8) is 0 Å². The molecular formula is C45H26N4O2. The number of benzene rings is 7. The molecule has 0 spiro atoms. The largest absolute Gasteiger partial charge is 0.455 e. The highest BCUT2D eigenvalue weighted by atomic mass is 16.3. The number of furan rings is 2. The summed E-state index contributed by atoms with van der Waals surface area (Å²) in [6.07, 6.45) is 0. The molecule has 6 heteroatoms. The lowest BCUT2D eigenvalue weighted by Crippen LogP contribution is -2.06. The van der Waals surface area contributed by atoms with Gasteiger partial charge in [0.2, 0.25) is 5.95 Å². The maximum atomic E-state index is 9.02. The summed E-state index contributed by atoms with van der Waals surface area (Å²) >= 11 is 0. The number of fused-ring (bicyclic) bond motifs is 9. The molecule has 0 saturated carbocycles. The van der Waals surface area contributed by atoms with Crippen LogP contribution in [-0.2, 0) is 0 Å². The van der Waals surface area contributed by atoms with Crippen molar-refractivity contribution in [2.45, 2.75) is 0 Å². The first-order chi connectivity index (χ1) is 28.6. The summed E-state index contributed by atoms with van der Waals surface area (Å²) in [5, 5.41) is 3.53. The van der Waals surface area contributed by atoms with E-state index >= 15 is 0 Å². The van der Waals surface area contributed by atoms with Gasteiger partial charge in [0.25, 0.3) is 0 Å². The van der Waals surface area contributed by atoms with Gasteiger partial charge in [-0.05, 0) is 36.4 Å². The van der Waals surface area contributed by atoms with Gasteiger partial charge in [0.05, 0.1) is 22.0 Å². The minimum atomic E-state index is -0.535. The molecule has 0 saturated heterocycles. The molecule has 0 fully saturated rings. The Balaban J connectivity index is 1.17. The van der Waals surface area contributed by atoms with Gasteiger partial charge in [-0.1, -0.05) is 121 Å². The predicted molar refractivity (Wildman–Crippen MR) is 205 cm³/mol. The van der Waals surface area contributed by atoms with E-state index in [1.807, 2.05) is 109 Å². The molecule has 4 heterocycles. The third-order valence-electron chi connectivity index (χ3n) is 9.34. The fourth-order valence-corrected chi connectivity index (χ4v) is 7.04. The Morgan fingerprint density at radius 2 is 1.02 bits per heavy atom. The van der Waals surface area contributed by atoms with Crippen LogP contribution in [0.25, 0.3) is 106 Å². The first-order valence-electron chi connectivity index (χ1n) is 20.3. The molecule has 238 valence electrons. The summed E-state index contributed by atoms with van der Waals surface area (Å²) in [5.41, 5.74) is 5.63. The topological polar surface area (TPSA) is 69.9 Å². The van der Waals surface area contributed by atoms with Gasteiger partial charge in [-0.25, -0.2) is 4.98 Å². The lowest BCUT2D eigenvalue weighted by Gasteiger charge is -2.11. The monoisotopic (exact) mass is 662 g/mol. The van der Waals surface area contributed by atoms with Crippen molar-refractivity contribution < 1.29 is 19.8 Å². The molecule has 7 aromatic carbocycles. The molecule has 11 rings (SSSR count). The zero-order chi connectivity index (χ0) is 40.4. The highest BCUT2D eigenvalue weighted by Crippen LogP contribution is 2.42. The second-order valence-corrected chi connectivity index (χ2v) is 12.2. The van der Waals surface area contributed by atoms with Gasteiger partial charge in [-0.15, -0.1) is 0 Å². The number of hydrogen-bond acceptors (Lipinski definition) is 5. The van der Waals surface area contributed by atoms with Crippen LogP contribution in [0.1, 0.15) is 11.0 Å². The van der Waals surface area contributed by atoms with Crippen LogP contribution >= 0.6 is 0 Å². The van der Waals surface area contributed by atoms with E-state index in [1.165, 1.54) is 4.57 Å². The Bertz CT molecular complexity index is 3540. The van der Waals surface area contributed by atoms with E-state index in [2.05, 4.69) is 0 Å². The molecule has 11 aromatic rings. The lowest BCUT2D eigenvalue weighted by molar-refractivity contribution is 0.665. The van der Waals surface area contributed by atoms with E-state index in [4.69, 9.17) is 34.8 Å². The van der Waals surface area contributed by atoms with Crippen LogP contribution in [0.4, 0.5) is 0 Å². The van der Waals surface area contributed by atoms with Gasteiger partial charge in [0, 0.05) is 54.6 Å². The van der Waals surface area contributed by atoms with Crippen molar-refractivity contribution >= 4 is 65.7 Å². The number of rotatable bonds is 4. The van der Waals surface area contributed by atoms with Crippen molar-refractivity contribution in [3.8, 4) is 39.9 Å². The maximum Gasteiger partial charge on any atom is 0.238 e. The summed E-state index contributed by atoms with van der Waals surface area (Å²) in [7, 11) is 0. The quantitative estimate of drug-likeness (QED) is 0.188. The molecule has 0 amide bonds. The molecule has 51 heavy (non-hydrogen) atoms. The first kappa shape index (κ1) is 21.1. The SMILES string of the molecule is [2H]c1c([2H])c([2H])c2c(c1[2H])c1c([2H])c([2H])c([2H])c([2H])c1n2-c1nc(-c2ccccc2)nc(-c2ccc3oc4c(-c5cccc6c5oc5ccccc56)cccc4c3c2)n1. The summed E-state index contributed by atoms with van der Waals surface area (Å²) in [6, 6.07) is 30.8.